The van der Waals surface area contributed by atoms with Crippen molar-refractivity contribution in [2.75, 3.05) is 0 Å². The zero-order valence-corrected chi connectivity index (χ0v) is 9.78. The van der Waals surface area contributed by atoms with E-state index in [2.05, 4.69) is 0 Å². The lowest BCUT2D eigenvalue weighted by molar-refractivity contribution is 0.0532. The summed E-state index contributed by atoms with van der Waals surface area (Å²) in [6.07, 6.45) is 6.36. The molecule has 0 bridgehead atoms. The summed E-state index contributed by atoms with van der Waals surface area (Å²) in [5.41, 5.74) is 1.58. The minimum Gasteiger partial charge on any atom is -0.490 e. The number of hydrogen-bond acceptors (Lipinski definition) is 3. The summed E-state index contributed by atoms with van der Waals surface area (Å²) in [7, 11) is 0. The molecule has 2 aliphatic rings. The van der Waals surface area contributed by atoms with Gasteiger partial charge in [0.1, 0.15) is 12.4 Å². The van der Waals surface area contributed by atoms with Gasteiger partial charge in [0.05, 0.1) is 11.7 Å². The monoisotopic (exact) mass is 232 g/mol. The van der Waals surface area contributed by atoms with Crippen LogP contribution >= 0.6 is 0 Å². The maximum absolute atomic E-state index is 11.4. The lowest BCUT2D eigenvalue weighted by Gasteiger charge is -2.23. The van der Waals surface area contributed by atoms with E-state index in [9.17, 15) is 4.79 Å². The normalized spacial score (nSPS) is 19.9. The lowest BCUT2D eigenvalue weighted by atomic mass is 9.97. The molecule has 17 heavy (non-hydrogen) atoms. The number of esters is 1. The summed E-state index contributed by atoms with van der Waals surface area (Å²) in [6, 6.07) is 5.61. The summed E-state index contributed by atoms with van der Waals surface area (Å²) in [4.78, 5) is 11.4. The predicted octanol–water partition coefficient (Wildman–Crippen LogP) is 3.07. The average molecular weight is 232 g/mol. The summed E-state index contributed by atoms with van der Waals surface area (Å²) in [5, 5.41) is 0. The highest BCUT2D eigenvalue weighted by Gasteiger charge is 2.25. The van der Waals surface area contributed by atoms with Crippen LogP contribution in [-0.4, -0.2) is 12.1 Å². The minimum atomic E-state index is -0.228. The molecule has 0 aromatic heterocycles. The van der Waals surface area contributed by atoms with Crippen LogP contribution in [0.5, 0.6) is 5.75 Å². The Kier molecular flexibility index (Phi) is 2.75. The number of ether oxygens (including phenoxy) is 2. The fourth-order valence-corrected chi connectivity index (χ4v) is 2.59. The van der Waals surface area contributed by atoms with E-state index in [4.69, 9.17) is 9.47 Å². The van der Waals surface area contributed by atoms with Crippen molar-refractivity contribution in [1.29, 1.82) is 0 Å². The second kappa shape index (κ2) is 4.40. The largest absolute Gasteiger partial charge is 0.490 e. The Morgan fingerprint density at radius 3 is 2.82 bits per heavy atom. The van der Waals surface area contributed by atoms with Gasteiger partial charge < -0.3 is 9.47 Å². The molecule has 1 aromatic rings. The third kappa shape index (κ3) is 2.02. The van der Waals surface area contributed by atoms with Gasteiger partial charge in [-0.1, -0.05) is 12.5 Å². The van der Waals surface area contributed by atoms with Crippen molar-refractivity contribution in [3.05, 3.63) is 29.3 Å². The molecule has 0 N–H and O–H groups in total. The van der Waals surface area contributed by atoms with Gasteiger partial charge in [-0.05, 0) is 37.8 Å². The Balaban J connectivity index is 1.81. The van der Waals surface area contributed by atoms with Crippen LogP contribution in [0.3, 0.4) is 0 Å². The molecule has 1 heterocycles. The molecule has 1 aliphatic heterocycles. The first-order valence-corrected chi connectivity index (χ1v) is 6.30. The van der Waals surface area contributed by atoms with E-state index < -0.39 is 0 Å². The zero-order chi connectivity index (χ0) is 11.7. The van der Waals surface area contributed by atoms with E-state index in [0.29, 0.717) is 18.3 Å². The van der Waals surface area contributed by atoms with Gasteiger partial charge >= 0.3 is 5.97 Å². The van der Waals surface area contributed by atoms with Gasteiger partial charge in [0.2, 0.25) is 0 Å². The number of fused-ring (bicyclic) bond motifs is 1. The molecule has 0 radical (unpaired) electrons. The van der Waals surface area contributed by atoms with Crippen molar-refractivity contribution < 1.29 is 14.3 Å². The van der Waals surface area contributed by atoms with Crippen molar-refractivity contribution in [1.82, 2.24) is 0 Å². The molecule has 3 nitrogen and oxygen atoms in total. The first-order chi connectivity index (χ1) is 8.34. The van der Waals surface area contributed by atoms with Crippen LogP contribution in [-0.2, 0) is 11.3 Å². The fourth-order valence-electron chi connectivity index (χ4n) is 2.59. The van der Waals surface area contributed by atoms with Crippen LogP contribution in [0.4, 0.5) is 0 Å². The molecular weight excluding hydrogens is 216 g/mol. The maximum atomic E-state index is 11.4. The standard InChI is InChI=1S/C14H16O3/c15-14-11-7-4-8-13(12(11)9-16-14)17-10-5-2-1-3-6-10/h4,7-8,10H,1-3,5-6,9H2. The highest BCUT2D eigenvalue weighted by atomic mass is 16.5. The van der Waals surface area contributed by atoms with Gasteiger partial charge in [-0.15, -0.1) is 0 Å². The molecule has 0 atom stereocenters. The van der Waals surface area contributed by atoms with E-state index in [1.54, 1.807) is 6.07 Å². The molecule has 1 aliphatic carbocycles. The van der Waals surface area contributed by atoms with E-state index in [-0.39, 0.29) is 5.97 Å². The van der Waals surface area contributed by atoms with Crippen LogP contribution in [0.25, 0.3) is 0 Å². The molecule has 90 valence electrons. The molecule has 0 unspecified atom stereocenters. The first-order valence-electron chi connectivity index (χ1n) is 6.30. The Bertz CT molecular complexity index is 433. The highest BCUT2D eigenvalue weighted by Crippen LogP contribution is 2.31. The molecule has 0 spiro atoms. The third-order valence-electron chi connectivity index (χ3n) is 3.55. The van der Waals surface area contributed by atoms with Crippen LogP contribution in [0.2, 0.25) is 0 Å². The Morgan fingerprint density at radius 1 is 1.18 bits per heavy atom. The van der Waals surface area contributed by atoms with Crippen molar-refractivity contribution in [2.45, 2.75) is 44.8 Å². The molecule has 3 heteroatoms. The predicted molar refractivity (Wildman–Crippen MR) is 63.1 cm³/mol. The number of cyclic esters (lactones) is 1. The van der Waals surface area contributed by atoms with Gasteiger partial charge in [0, 0.05) is 5.56 Å². The summed E-state index contributed by atoms with van der Waals surface area (Å²) >= 11 is 0. The number of hydrogen-bond donors (Lipinski definition) is 0. The molecule has 1 aromatic carbocycles. The highest BCUT2D eigenvalue weighted by molar-refractivity contribution is 5.94. The Labute approximate surface area is 101 Å². The number of rotatable bonds is 2. The zero-order valence-electron chi connectivity index (χ0n) is 9.78. The maximum Gasteiger partial charge on any atom is 0.339 e. The lowest BCUT2D eigenvalue weighted by Crippen LogP contribution is -2.20. The molecule has 0 amide bonds. The van der Waals surface area contributed by atoms with Gasteiger partial charge in [0.15, 0.2) is 0 Å². The summed E-state index contributed by atoms with van der Waals surface area (Å²) < 4.78 is 11.0. The van der Waals surface area contributed by atoms with Crippen LogP contribution in [0.15, 0.2) is 18.2 Å². The minimum absolute atomic E-state index is 0.228. The SMILES string of the molecule is O=C1OCc2c(OC3CCCCC3)cccc21. The fraction of sp³-hybridized carbons (Fsp3) is 0.500. The smallest absolute Gasteiger partial charge is 0.339 e. The second-order valence-electron chi connectivity index (χ2n) is 4.74. The third-order valence-corrected chi connectivity index (χ3v) is 3.55. The van der Waals surface area contributed by atoms with E-state index >= 15 is 0 Å². The van der Waals surface area contributed by atoms with Crippen molar-refractivity contribution in [2.24, 2.45) is 0 Å². The Morgan fingerprint density at radius 2 is 2.00 bits per heavy atom. The second-order valence-corrected chi connectivity index (χ2v) is 4.74. The molecule has 1 fully saturated rings. The number of carbonyl (C=O) groups is 1. The van der Waals surface area contributed by atoms with Crippen LogP contribution < -0.4 is 4.74 Å². The molecular formula is C14H16O3. The van der Waals surface area contributed by atoms with E-state index in [0.717, 1.165) is 24.2 Å². The quantitative estimate of drug-likeness (QED) is 0.735. The average Bonchev–Trinajstić information content (AvgIpc) is 2.74. The van der Waals surface area contributed by atoms with Gasteiger partial charge in [-0.2, -0.15) is 0 Å². The number of carbonyl (C=O) groups excluding carboxylic acids is 1. The first kappa shape index (κ1) is 10.6. The van der Waals surface area contributed by atoms with E-state index in [1.807, 2.05) is 12.1 Å². The van der Waals surface area contributed by atoms with Crippen molar-refractivity contribution >= 4 is 5.97 Å². The summed E-state index contributed by atoms with van der Waals surface area (Å²) in [6.45, 7) is 0.358. The van der Waals surface area contributed by atoms with Gasteiger partial charge in [0.25, 0.3) is 0 Å². The van der Waals surface area contributed by atoms with Crippen molar-refractivity contribution in [3.8, 4) is 5.75 Å². The topological polar surface area (TPSA) is 35.5 Å². The van der Waals surface area contributed by atoms with E-state index in [1.165, 1.54) is 19.3 Å². The Hall–Kier alpha value is -1.51. The number of benzene rings is 1. The van der Waals surface area contributed by atoms with Crippen LogP contribution in [0.1, 0.15) is 48.0 Å². The van der Waals surface area contributed by atoms with Gasteiger partial charge in [-0.3, -0.25) is 0 Å². The molecule has 1 saturated carbocycles. The summed E-state index contributed by atoms with van der Waals surface area (Å²) in [5.74, 6) is 0.606. The van der Waals surface area contributed by atoms with Crippen LogP contribution in [0, 0.1) is 0 Å². The molecule has 3 rings (SSSR count). The van der Waals surface area contributed by atoms with Gasteiger partial charge in [-0.25, -0.2) is 4.79 Å². The molecule has 0 saturated heterocycles. The van der Waals surface area contributed by atoms with Crippen molar-refractivity contribution in [3.63, 3.8) is 0 Å².